The smallest absolute Gasteiger partial charge is 0.336 e. The van der Waals surface area contributed by atoms with Crippen molar-refractivity contribution in [1.82, 2.24) is 5.32 Å². The SMILES string of the molecule is CCOC(=O)C1=C(C)NC2=C(C(=O)[C@H](C(=O)OCC)[C@@H](c3cccc(OC)c3)C2)[C@H]1c1ccc(OC)c(OC)c1. The first kappa shape index (κ1) is 28.7. The minimum atomic E-state index is -1.11. The third-order valence-corrected chi connectivity index (χ3v) is 7.32. The number of nitrogens with one attached hydrogen (secondary N) is 1. The minimum absolute atomic E-state index is 0.129. The first-order valence-electron chi connectivity index (χ1n) is 13.2. The summed E-state index contributed by atoms with van der Waals surface area (Å²) in [5.74, 6) is -2.41. The van der Waals surface area contributed by atoms with E-state index in [2.05, 4.69) is 5.32 Å². The van der Waals surface area contributed by atoms with Gasteiger partial charge in [0.05, 0.1) is 40.1 Å². The maximum atomic E-state index is 14.4. The van der Waals surface area contributed by atoms with Crippen LogP contribution in [0.2, 0.25) is 0 Å². The van der Waals surface area contributed by atoms with Crippen molar-refractivity contribution in [2.45, 2.75) is 39.0 Å². The average Bonchev–Trinajstić information content (AvgIpc) is 2.96. The number of carbonyl (C=O) groups is 3. The topological polar surface area (TPSA) is 109 Å². The Morgan fingerprint density at radius 2 is 1.62 bits per heavy atom. The molecule has 0 amide bonds. The Hall–Kier alpha value is -4.27. The summed E-state index contributed by atoms with van der Waals surface area (Å²) in [5.41, 5.74) is 3.25. The van der Waals surface area contributed by atoms with Gasteiger partial charge in [0, 0.05) is 28.8 Å². The molecule has 0 saturated carbocycles. The van der Waals surface area contributed by atoms with Crippen LogP contribution in [0.4, 0.5) is 0 Å². The molecular weight excluding hydrogens is 514 g/mol. The third kappa shape index (κ3) is 5.28. The highest BCUT2D eigenvalue weighted by Gasteiger charge is 2.49. The van der Waals surface area contributed by atoms with Crippen molar-refractivity contribution < 1.29 is 38.1 Å². The van der Waals surface area contributed by atoms with E-state index < -0.39 is 35.5 Å². The van der Waals surface area contributed by atoms with Gasteiger partial charge in [0.25, 0.3) is 0 Å². The Balaban J connectivity index is 1.93. The molecule has 9 nitrogen and oxygen atoms in total. The van der Waals surface area contributed by atoms with Crippen LogP contribution in [0.25, 0.3) is 0 Å². The lowest BCUT2D eigenvalue weighted by Crippen LogP contribution is -2.43. The van der Waals surface area contributed by atoms with E-state index in [9.17, 15) is 14.4 Å². The molecule has 0 fully saturated rings. The summed E-state index contributed by atoms with van der Waals surface area (Å²) in [5, 5.41) is 3.31. The molecular formula is C31H35NO8. The van der Waals surface area contributed by atoms with Crippen LogP contribution in [0.15, 0.2) is 65.0 Å². The molecule has 2 aromatic carbocycles. The van der Waals surface area contributed by atoms with Gasteiger partial charge < -0.3 is 29.0 Å². The molecule has 0 spiro atoms. The lowest BCUT2D eigenvalue weighted by atomic mass is 9.67. The Bertz CT molecular complexity index is 1380. The van der Waals surface area contributed by atoms with Gasteiger partial charge in [-0.2, -0.15) is 0 Å². The Morgan fingerprint density at radius 1 is 0.900 bits per heavy atom. The zero-order valence-corrected chi connectivity index (χ0v) is 23.7. The van der Waals surface area contributed by atoms with E-state index in [1.165, 1.54) is 14.2 Å². The number of benzene rings is 2. The van der Waals surface area contributed by atoms with E-state index in [0.29, 0.717) is 51.8 Å². The molecule has 212 valence electrons. The second kappa shape index (κ2) is 12.3. The van der Waals surface area contributed by atoms with E-state index in [1.54, 1.807) is 46.1 Å². The summed E-state index contributed by atoms with van der Waals surface area (Å²) < 4.78 is 27.2. The van der Waals surface area contributed by atoms with Gasteiger partial charge in [0.1, 0.15) is 11.7 Å². The standard InChI is InChI=1S/C31H35NO8/c1-7-39-30(34)25-17(3)32-22-16-21(18-10-9-11-20(14-18)36-4)27(31(35)40-8-2)29(33)28(22)26(25)19-12-13-23(37-5)24(15-19)38-6/h9-15,21,26-27,32H,7-8,16H2,1-6H3/t21-,26+,27-/m1/s1. The minimum Gasteiger partial charge on any atom is -0.497 e. The normalized spacial score (nSPS) is 20.4. The number of Topliss-reactive ketones (excluding diaryl/α,β-unsaturated/α-hetero) is 1. The van der Waals surface area contributed by atoms with Crippen molar-refractivity contribution in [3.63, 3.8) is 0 Å². The molecule has 0 saturated heterocycles. The Morgan fingerprint density at radius 3 is 2.27 bits per heavy atom. The number of hydrogen-bond donors (Lipinski definition) is 1. The van der Waals surface area contributed by atoms with Crippen molar-refractivity contribution in [2.24, 2.45) is 5.92 Å². The van der Waals surface area contributed by atoms with Gasteiger partial charge in [0.2, 0.25) is 0 Å². The lowest BCUT2D eigenvalue weighted by Gasteiger charge is -2.39. The zero-order chi connectivity index (χ0) is 29.0. The number of ketones is 1. The highest BCUT2D eigenvalue weighted by atomic mass is 16.5. The predicted molar refractivity (Wildman–Crippen MR) is 147 cm³/mol. The van der Waals surface area contributed by atoms with E-state index >= 15 is 0 Å². The Labute approximate surface area is 234 Å². The quantitative estimate of drug-likeness (QED) is 0.359. The molecule has 40 heavy (non-hydrogen) atoms. The number of hydrogen-bond acceptors (Lipinski definition) is 9. The molecule has 9 heteroatoms. The largest absolute Gasteiger partial charge is 0.497 e. The number of dihydropyridines is 1. The molecule has 2 aliphatic rings. The van der Waals surface area contributed by atoms with Gasteiger partial charge in [-0.3, -0.25) is 9.59 Å². The number of methoxy groups -OCH3 is 3. The maximum absolute atomic E-state index is 14.4. The molecule has 1 aliphatic carbocycles. The van der Waals surface area contributed by atoms with Crippen LogP contribution in [-0.2, 0) is 23.9 Å². The molecule has 1 N–H and O–H groups in total. The second-order valence-corrected chi connectivity index (χ2v) is 9.51. The molecule has 0 aromatic heterocycles. The van der Waals surface area contributed by atoms with Crippen LogP contribution in [0, 0.1) is 5.92 Å². The van der Waals surface area contributed by atoms with Gasteiger partial charge in [0.15, 0.2) is 17.3 Å². The van der Waals surface area contributed by atoms with Crippen molar-refractivity contribution >= 4 is 17.7 Å². The summed E-state index contributed by atoms with van der Waals surface area (Å²) in [4.78, 5) is 41.1. The maximum Gasteiger partial charge on any atom is 0.336 e. The van der Waals surface area contributed by atoms with E-state index in [1.807, 2.05) is 24.3 Å². The van der Waals surface area contributed by atoms with Crippen molar-refractivity contribution in [3.8, 4) is 17.2 Å². The van der Waals surface area contributed by atoms with Crippen LogP contribution >= 0.6 is 0 Å². The summed E-state index contributed by atoms with van der Waals surface area (Å²) >= 11 is 0. The number of carbonyl (C=O) groups excluding carboxylic acids is 3. The molecule has 0 bridgehead atoms. The predicted octanol–water partition coefficient (Wildman–Crippen LogP) is 4.43. The molecule has 1 heterocycles. The molecule has 4 rings (SSSR count). The zero-order valence-electron chi connectivity index (χ0n) is 23.7. The van der Waals surface area contributed by atoms with Gasteiger partial charge in [-0.25, -0.2) is 4.79 Å². The molecule has 0 radical (unpaired) electrons. The first-order valence-corrected chi connectivity index (χ1v) is 13.2. The molecule has 1 aliphatic heterocycles. The second-order valence-electron chi connectivity index (χ2n) is 9.51. The van der Waals surface area contributed by atoms with E-state index in [-0.39, 0.29) is 13.2 Å². The highest BCUT2D eigenvalue weighted by molar-refractivity contribution is 6.13. The lowest BCUT2D eigenvalue weighted by molar-refractivity contribution is -0.152. The third-order valence-electron chi connectivity index (χ3n) is 7.32. The van der Waals surface area contributed by atoms with Crippen molar-refractivity contribution in [3.05, 3.63) is 76.1 Å². The van der Waals surface area contributed by atoms with E-state index in [0.717, 1.165) is 5.56 Å². The van der Waals surface area contributed by atoms with Gasteiger partial charge in [-0.15, -0.1) is 0 Å². The molecule has 2 aromatic rings. The molecule has 0 unspecified atom stereocenters. The highest BCUT2D eigenvalue weighted by Crippen LogP contribution is 2.49. The fraction of sp³-hybridized carbons (Fsp3) is 0.387. The fourth-order valence-corrected chi connectivity index (χ4v) is 5.57. The van der Waals surface area contributed by atoms with Crippen LogP contribution in [0.5, 0.6) is 17.2 Å². The number of rotatable bonds is 9. The van der Waals surface area contributed by atoms with Crippen LogP contribution in [-0.4, -0.2) is 52.3 Å². The number of allylic oxidation sites excluding steroid dienone is 3. The first-order chi connectivity index (χ1) is 19.3. The van der Waals surface area contributed by atoms with Crippen LogP contribution < -0.4 is 19.5 Å². The Kier molecular flexibility index (Phi) is 8.82. The van der Waals surface area contributed by atoms with Gasteiger partial charge in [-0.1, -0.05) is 18.2 Å². The number of ether oxygens (including phenoxy) is 5. The van der Waals surface area contributed by atoms with Crippen molar-refractivity contribution in [2.75, 3.05) is 34.5 Å². The van der Waals surface area contributed by atoms with Crippen LogP contribution in [0.1, 0.15) is 50.2 Å². The molecule has 3 atom stereocenters. The van der Waals surface area contributed by atoms with Crippen LogP contribution in [0.3, 0.4) is 0 Å². The summed E-state index contributed by atoms with van der Waals surface area (Å²) in [6.45, 7) is 5.50. The summed E-state index contributed by atoms with van der Waals surface area (Å²) in [7, 11) is 4.61. The summed E-state index contributed by atoms with van der Waals surface area (Å²) in [6.07, 6.45) is 0.342. The fourth-order valence-electron chi connectivity index (χ4n) is 5.57. The average molecular weight is 550 g/mol. The van der Waals surface area contributed by atoms with Crippen molar-refractivity contribution in [1.29, 1.82) is 0 Å². The number of esters is 2. The van der Waals surface area contributed by atoms with Gasteiger partial charge >= 0.3 is 11.9 Å². The monoisotopic (exact) mass is 549 g/mol. The summed E-state index contributed by atoms with van der Waals surface area (Å²) in [6, 6.07) is 12.6. The van der Waals surface area contributed by atoms with Gasteiger partial charge in [-0.05, 0) is 62.6 Å². The van der Waals surface area contributed by atoms with E-state index in [4.69, 9.17) is 23.7 Å².